The number of hydrogen-bond donors (Lipinski definition) is 1. The molecule has 108 valence electrons. The van der Waals surface area contributed by atoms with Crippen molar-refractivity contribution in [3.8, 4) is 0 Å². The monoisotopic (exact) mass is 275 g/mol. The fourth-order valence-electron chi connectivity index (χ4n) is 2.81. The Hall–Kier alpha value is -1.62. The Kier molecular flexibility index (Phi) is 3.61. The normalized spacial score (nSPS) is 25.9. The molecule has 0 radical (unpaired) electrons. The van der Waals surface area contributed by atoms with Gasteiger partial charge >= 0.3 is 0 Å². The maximum absolute atomic E-state index is 12.2. The zero-order valence-electron chi connectivity index (χ0n) is 11.9. The van der Waals surface area contributed by atoms with Gasteiger partial charge in [0.1, 0.15) is 11.4 Å². The lowest BCUT2D eigenvalue weighted by Gasteiger charge is -2.22. The Morgan fingerprint density at radius 1 is 1.35 bits per heavy atom. The molecule has 5 nitrogen and oxygen atoms in total. The standard InChI is InChI=1S/C15H21N3O2/c1-15(7-4-10-20-15)14(19)17-12-5-6-13(16-11-12)18-8-2-3-9-18/h5-6,11H,2-4,7-10H2,1H3,(H,17,19)/t15-/m0/s1. The SMILES string of the molecule is C[C@@]1(C(=O)Nc2ccc(N3CCCC3)nc2)CCCO1. The molecule has 20 heavy (non-hydrogen) atoms. The fourth-order valence-corrected chi connectivity index (χ4v) is 2.81. The molecule has 3 heterocycles. The minimum Gasteiger partial charge on any atom is -0.365 e. The molecule has 2 aliphatic heterocycles. The van der Waals surface area contributed by atoms with Gasteiger partial charge in [-0.05, 0) is 44.7 Å². The number of rotatable bonds is 3. The molecule has 0 aromatic carbocycles. The molecule has 1 amide bonds. The molecule has 1 aromatic rings. The van der Waals surface area contributed by atoms with Gasteiger partial charge in [0.25, 0.3) is 5.91 Å². The predicted molar refractivity (Wildman–Crippen MR) is 77.9 cm³/mol. The molecule has 0 unspecified atom stereocenters. The van der Waals surface area contributed by atoms with Gasteiger partial charge in [-0.1, -0.05) is 0 Å². The Labute approximate surface area is 119 Å². The van der Waals surface area contributed by atoms with Crippen LogP contribution in [0.1, 0.15) is 32.6 Å². The molecule has 0 spiro atoms. The van der Waals surface area contributed by atoms with Crippen molar-refractivity contribution < 1.29 is 9.53 Å². The number of aromatic nitrogens is 1. The highest BCUT2D eigenvalue weighted by Crippen LogP contribution is 2.27. The van der Waals surface area contributed by atoms with E-state index >= 15 is 0 Å². The van der Waals surface area contributed by atoms with Gasteiger partial charge in [-0.3, -0.25) is 4.79 Å². The van der Waals surface area contributed by atoms with Crippen LogP contribution in [0.25, 0.3) is 0 Å². The molecule has 1 atom stereocenters. The third-order valence-corrected chi connectivity index (χ3v) is 4.13. The molecule has 2 saturated heterocycles. The molecule has 0 bridgehead atoms. The lowest BCUT2D eigenvalue weighted by atomic mass is 10.0. The summed E-state index contributed by atoms with van der Waals surface area (Å²) in [6.07, 6.45) is 5.91. The second-order valence-electron chi connectivity index (χ2n) is 5.74. The first-order valence-corrected chi connectivity index (χ1v) is 7.34. The Morgan fingerprint density at radius 3 is 2.75 bits per heavy atom. The van der Waals surface area contributed by atoms with Crippen LogP contribution >= 0.6 is 0 Å². The number of anilines is 2. The van der Waals surface area contributed by atoms with E-state index < -0.39 is 5.60 Å². The minimum atomic E-state index is -0.687. The third-order valence-electron chi connectivity index (χ3n) is 4.13. The predicted octanol–water partition coefficient (Wildman–Crippen LogP) is 2.19. The van der Waals surface area contributed by atoms with Crippen LogP contribution in [0.3, 0.4) is 0 Å². The van der Waals surface area contributed by atoms with Crippen LogP contribution in [-0.2, 0) is 9.53 Å². The summed E-state index contributed by atoms with van der Waals surface area (Å²) in [6, 6.07) is 3.88. The van der Waals surface area contributed by atoms with Crippen molar-refractivity contribution in [3.05, 3.63) is 18.3 Å². The van der Waals surface area contributed by atoms with Crippen LogP contribution in [-0.4, -0.2) is 36.2 Å². The van der Waals surface area contributed by atoms with Crippen molar-refractivity contribution in [2.24, 2.45) is 0 Å². The van der Waals surface area contributed by atoms with E-state index in [0.717, 1.165) is 37.4 Å². The van der Waals surface area contributed by atoms with Gasteiger partial charge in [-0.25, -0.2) is 4.98 Å². The summed E-state index contributed by atoms with van der Waals surface area (Å²) >= 11 is 0. The molecule has 3 rings (SSSR count). The summed E-state index contributed by atoms with van der Waals surface area (Å²) in [5, 5.41) is 2.90. The van der Waals surface area contributed by atoms with E-state index in [1.54, 1.807) is 6.20 Å². The first-order chi connectivity index (χ1) is 9.67. The zero-order chi connectivity index (χ0) is 14.0. The van der Waals surface area contributed by atoms with Crippen LogP contribution < -0.4 is 10.2 Å². The summed E-state index contributed by atoms with van der Waals surface area (Å²) < 4.78 is 5.54. The number of carbonyl (C=O) groups excluding carboxylic acids is 1. The third kappa shape index (κ3) is 2.63. The first-order valence-electron chi connectivity index (χ1n) is 7.34. The van der Waals surface area contributed by atoms with E-state index in [2.05, 4.69) is 15.2 Å². The Morgan fingerprint density at radius 2 is 2.15 bits per heavy atom. The topological polar surface area (TPSA) is 54.5 Å². The minimum absolute atomic E-state index is 0.0780. The summed E-state index contributed by atoms with van der Waals surface area (Å²) in [5.74, 6) is 0.912. The van der Waals surface area contributed by atoms with Gasteiger partial charge in [-0.15, -0.1) is 0 Å². The first kappa shape index (κ1) is 13.4. The van der Waals surface area contributed by atoms with Gasteiger partial charge in [0.05, 0.1) is 11.9 Å². The van der Waals surface area contributed by atoms with Gasteiger partial charge in [-0.2, -0.15) is 0 Å². The Bertz CT molecular complexity index is 474. The van der Waals surface area contributed by atoms with E-state index in [1.165, 1.54) is 12.8 Å². The maximum atomic E-state index is 12.2. The van der Waals surface area contributed by atoms with Crippen LogP contribution in [0.5, 0.6) is 0 Å². The Balaban J connectivity index is 1.64. The largest absolute Gasteiger partial charge is 0.365 e. The quantitative estimate of drug-likeness (QED) is 0.918. The molecular weight excluding hydrogens is 254 g/mol. The average Bonchev–Trinajstić information content (AvgIpc) is 3.11. The van der Waals surface area contributed by atoms with Crippen molar-refractivity contribution in [1.82, 2.24) is 4.98 Å². The van der Waals surface area contributed by atoms with Gasteiger partial charge in [0.2, 0.25) is 0 Å². The number of carbonyl (C=O) groups is 1. The summed E-state index contributed by atoms with van der Waals surface area (Å²) in [5.41, 5.74) is 0.0443. The average molecular weight is 275 g/mol. The fraction of sp³-hybridized carbons (Fsp3) is 0.600. The second-order valence-corrected chi connectivity index (χ2v) is 5.74. The zero-order valence-corrected chi connectivity index (χ0v) is 11.9. The molecule has 5 heteroatoms. The van der Waals surface area contributed by atoms with E-state index in [1.807, 2.05) is 19.1 Å². The van der Waals surface area contributed by atoms with Crippen LogP contribution in [0, 0.1) is 0 Å². The van der Waals surface area contributed by atoms with Gasteiger partial charge in [0.15, 0.2) is 0 Å². The number of hydrogen-bond acceptors (Lipinski definition) is 4. The highest BCUT2D eigenvalue weighted by molar-refractivity contribution is 5.97. The van der Waals surface area contributed by atoms with Crippen molar-refractivity contribution in [2.75, 3.05) is 29.9 Å². The second kappa shape index (κ2) is 5.40. The van der Waals surface area contributed by atoms with Crippen LogP contribution in [0.4, 0.5) is 11.5 Å². The number of nitrogens with one attached hydrogen (secondary N) is 1. The molecular formula is C15H21N3O2. The van der Waals surface area contributed by atoms with Crippen molar-refractivity contribution >= 4 is 17.4 Å². The lowest BCUT2D eigenvalue weighted by molar-refractivity contribution is -0.133. The van der Waals surface area contributed by atoms with E-state index in [-0.39, 0.29) is 5.91 Å². The summed E-state index contributed by atoms with van der Waals surface area (Å²) in [7, 11) is 0. The van der Waals surface area contributed by atoms with Crippen molar-refractivity contribution in [2.45, 2.75) is 38.2 Å². The number of nitrogens with zero attached hydrogens (tertiary/aromatic N) is 2. The molecule has 2 aliphatic rings. The maximum Gasteiger partial charge on any atom is 0.256 e. The van der Waals surface area contributed by atoms with Crippen molar-refractivity contribution in [3.63, 3.8) is 0 Å². The van der Waals surface area contributed by atoms with Crippen LogP contribution in [0.2, 0.25) is 0 Å². The van der Waals surface area contributed by atoms with Gasteiger partial charge in [0, 0.05) is 19.7 Å². The number of ether oxygens (including phenoxy) is 1. The van der Waals surface area contributed by atoms with E-state index in [0.29, 0.717) is 6.61 Å². The summed E-state index contributed by atoms with van der Waals surface area (Å²) in [6.45, 7) is 4.66. The molecule has 1 aromatic heterocycles. The molecule has 2 fully saturated rings. The molecule has 0 saturated carbocycles. The highest BCUT2D eigenvalue weighted by atomic mass is 16.5. The van der Waals surface area contributed by atoms with E-state index in [9.17, 15) is 4.79 Å². The molecule has 1 N–H and O–H groups in total. The smallest absolute Gasteiger partial charge is 0.256 e. The summed E-state index contributed by atoms with van der Waals surface area (Å²) in [4.78, 5) is 18.9. The lowest BCUT2D eigenvalue weighted by Crippen LogP contribution is -2.39. The van der Waals surface area contributed by atoms with Crippen molar-refractivity contribution in [1.29, 1.82) is 0 Å². The van der Waals surface area contributed by atoms with Gasteiger partial charge < -0.3 is 15.0 Å². The number of amides is 1. The highest BCUT2D eigenvalue weighted by Gasteiger charge is 2.37. The number of pyridine rings is 1. The van der Waals surface area contributed by atoms with Crippen LogP contribution in [0.15, 0.2) is 18.3 Å². The van der Waals surface area contributed by atoms with E-state index in [4.69, 9.17) is 4.74 Å². The molecule has 0 aliphatic carbocycles.